The topological polar surface area (TPSA) is 90.0 Å². The second-order valence-corrected chi connectivity index (χ2v) is 7.57. The van der Waals surface area contributed by atoms with Gasteiger partial charge in [0.2, 0.25) is 10.0 Å². The molecule has 1 aliphatic carbocycles. The van der Waals surface area contributed by atoms with E-state index >= 15 is 0 Å². The summed E-state index contributed by atoms with van der Waals surface area (Å²) in [4.78, 5) is 0.277. The van der Waals surface area contributed by atoms with Crippen molar-refractivity contribution in [3.05, 3.63) is 11.4 Å². The van der Waals surface area contributed by atoms with Crippen LogP contribution in [0.1, 0.15) is 43.5 Å². The van der Waals surface area contributed by atoms with Gasteiger partial charge < -0.3 is 5.73 Å². The van der Waals surface area contributed by atoms with Crippen LogP contribution in [-0.4, -0.2) is 30.3 Å². The molecule has 1 fully saturated rings. The first-order chi connectivity index (χ1) is 9.25. The van der Waals surface area contributed by atoms with Crippen LogP contribution in [0.4, 0.5) is 0 Å². The van der Waals surface area contributed by atoms with Gasteiger partial charge in [-0.1, -0.05) is 19.3 Å². The molecule has 0 bridgehead atoms. The zero-order valence-electron chi connectivity index (χ0n) is 12.4. The van der Waals surface area contributed by atoms with Gasteiger partial charge in [-0.05, 0) is 26.7 Å². The molecule has 1 aromatic rings. The molecule has 0 atom stereocenters. The third-order valence-electron chi connectivity index (χ3n) is 4.17. The highest BCUT2D eigenvalue weighted by molar-refractivity contribution is 7.89. The van der Waals surface area contributed by atoms with Gasteiger partial charge in [-0.25, -0.2) is 13.1 Å². The van der Waals surface area contributed by atoms with Gasteiger partial charge in [0.25, 0.3) is 0 Å². The number of nitrogens with zero attached hydrogens (tertiary/aromatic N) is 2. The van der Waals surface area contributed by atoms with E-state index in [1.54, 1.807) is 25.6 Å². The minimum absolute atomic E-state index is 0.277. The fourth-order valence-corrected chi connectivity index (χ4v) is 4.46. The Balaban J connectivity index is 2.15. The monoisotopic (exact) mass is 300 g/mol. The van der Waals surface area contributed by atoms with Crippen molar-refractivity contribution in [1.82, 2.24) is 14.5 Å². The standard InChI is InChI=1S/C13H24N4O2S/c1-10-12(11(2)17(3)16-10)20(18,19)15-9-13(14)7-5-4-6-8-13/h15H,4-9,14H2,1-3H3. The molecule has 0 amide bonds. The summed E-state index contributed by atoms with van der Waals surface area (Å²) < 4.78 is 29.2. The molecule has 114 valence electrons. The summed E-state index contributed by atoms with van der Waals surface area (Å²) in [6.45, 7) is 3.76. The van der Waals surface area contributed by atoms with Crippen molar-refractivity contribution in [3.8, 4) is 0 Å². The first-order valence-corrected chi connectivity index (χ1v) is 8.52. The lowest BCUT2D eigenvalue weighted by Gasteiger charge is -2.33. The number of aryl methyl sites for hydroxylation is 2. The molecule has 6 nitrogen and oxygen atoms in total. The smallest absolute Gasteiger partial charge is 0.244 e. The molecule has 20 heavy (non-hydrogen) atoms. The summed E-state index contributed by atoms with van der Waals surface area (Å²) in [6.07, 6.45) is 5.08. The van der Waals surface area contributed by atoms with Crippen molar-refractivity contribution in [1.29, 1.82) is 0 Å². The number of hydrogen-bond donors (Lipinski definition) is 2. The third kappa shape index (κ3) is 3.05. The average molecular weight is 300 g/mol. The first kappa shape index (κ1) is 15.5. The van der Waals surface area contributed by atoms with Gasteiger partial charge >= 0.3 is 0 Å². The van der Waals surface area contributed by atoms with E-state index in [-0.39, 0.29) is 4.90 Å². The highest BCUT2D eigenvalue weighted by Crippen LogP contribution is 2.26. The predicted molar refractivity (Wildman–Crippen MR) is 77.9 cm³/mol. The van der Waals surface area contributed by atoms with Crippen molar-refractivity contribution in [2.45, 2.75) is 56.4 Å². The van der Waals surface area contributed by atoms with Crippen LogP contribution in [0.2, 0.25) is 0 Å². The number of hydrogen-bond acceptors (Lipinski definition) is 4. The van der Waals surface area contributed by atoms with E-state index in [1.807, 2.05) is 0 Å². The van der Waals surface area contributed by atoms with Crippen molar-refractivity contribution < 1.29 is 8.42 Å². The maximum atomic E-state index is 12.5. The van der Waals surface area contributed by atoms with E-state index < -0.39 is 15.6 Å². The van der Waals surface area contributed by atoms with Crippen LogP contribution in [0.5, 0.6) is 0 Å². The summed E-state index contributed by atoms with van der Waals surface area (Å²) in [7, 11) is -1.81. The second kappa shape index (κ2) is 5.46. The van der Waals surface area contributed by atoms with Crippen LogP contribution < -0.4 is 10.5 Å². The van der Waals surface area contributed by atoms with Gasteiger partial charge in [0, 0.05) is 19.1 Å². The Morgan fingerprint density at radius 1 is 1.30 bits per heavy atom. The third-order valence-corrected chi connectivity index (χ3v) is 5.83. The molecule has 3 N–H and O–H groups in total. The Morgan fingerprint density at radius 2 is 1.90 bits per heavy atom. The molecule has 1 saturated carbocycles. The van der Waals surface area contributed by atoms with Gasteiger partial charge in [-0.15, -0.1) is 0 Å². The zero-order chi connectivity index (χ0) is 15.0. The molecular formula is C13H24N4O2S. The van der Waals surface area contributed by atoms with E-state index in [0.717, 1.165) is 25.7 Å². The van der Waals surface area contributed by atoms with Crippen molar-refractivity contribution in [2.24, 2.45) is 12.8 Å². The van der Waals surface area contributed by atoms with E-state index in [2.05, 4.69) is 9.82 Å². The van der Waals surface area contributed by atoms with Gasteiger partial charge in [-0.3, -0.25) is 4.68 Å². The van der Waals surface area contributed by atoms with Crippen LogP contribution in [0, 0.1) is 13.8 Å². The molecule has 0 radical (unpaired) electrons. The van der Waals surface area contributed by atoms with Crippen LogP contribution in [0.15, 0.2) is 4.90 Å². The largest absolute Gasteiger partial charge is 0.324 e. The molecule has 0 aromatic carbocycles. The molecule has 1 heterocycles. The van der Waals surface area contributed by atoms with Crippen LogP contribution >= 0.6 is 0 Å². The first-order valence-electron chi connectivity index (χ1n) is 7.04. The van der Waals surface area contributed by atoms with Crippen LogP contribution in [0.25, 0.3) is 0 Å². The molecule has 0 aliphatic heterocycles. The second-order valence-electron chi connectivity index (χ2n) is 5.87. The molecule has 1 aliphatic rings. The lowest BCUT2D eigenvalue weighted by molar-refractivity contribution is 0.296. The Kier molecular flexibility index (Phi) is 4.22. The fourth-order valence-electron chi connectivity index (χ4n) is 2.89. The number of nitrogens with one attached hydrogen (secondary N) is 1. The number of sulfonamides is 1. The molecule has 0 spiro atoms. The molecule has 2 rings (SSSR count). The van der Waals surface area contributed by atoms with E-state index in [1.165, 1.54) is 6.42 Å². The Bertz CT molecular complexity index is 586. The van der Waals surface area contributed by atoms with Crippen molar-refractivity contribution >= 4 is 10.0 Å². The summed E-state index contributed by atoms with van der Waals surface area (Å²) in [5, 5.41) is 4.16. The number of aromatic nitrogens is 2. The molecule has 1 aromatic heterocycles. The summed E-state index contributed by atoms with van der Waals surface area (Å²) in [5.41, 5.74) is 7.03. The zero-order valence-corrected chi connectivity index (χ0v) is 13.3. The molecule has 0 saturated heterocycles. The van der Waals surface area contributed by atoms with Gasteiger partial charge in [0.05, 0.1) is 11.4 Å². The minimum Gasteiger partial charge on any atom is -0.324 e. The highest BCUT2D eigenvalue weighted by Gasteiger charge is 2.31. The molecule has 7 heteroatoms. The van der Waals surface area contributed by atoms with Gasteiger partial charge in [-0.2, -0.15) is 5.10 Å². The quantitative estimate of drug-likeness (QED) is 0.867. The van der Waals surface area contributed by atoms with Crippen molar-refractivity contribution in [3.63, 3.8) is 0 Å². The van der Waals surface area contributed by atoms with Gasteiger partial charge in [0.15, 0.2) is 0 Å². The Morgan fingerprint density at radius 3 is 2.40 bits per heavy atom. The van der Waals surface area contributed by atoms with E-state index in [0.29, 0.717) is 17.9 Å². The van der Waals surface area contributed by atoms with E-state index in [4.69, 9.17) is 5.73 Å². The van der Waals surface area contributed by atoms with Gasteiger partial charge in [0.1, 0.15) is 4.90 Å². The number of rotatable bonds is 4. The minimum atomic E-state index is -3.55. The predicted octanol–water partition coefficient (Wildman–Crippen LogP) is 0.977. The molecule has 0 unspecified atom stereocenters. The normalized spacial score (nSPS) is 19.2. The Labute approximate surface area is 120 Å². The summed E-state index contributed by atoms with van der Waals surface area (Å²) in [5.74, 6) is 0. The van der Waals surface area contributed by atoms with Crippen LogP contribution in [0.3, 0.4) is 0 Å². The average Bonchev–Trinajstić information content (AvgIpc) is 2.63. The highest BCUT2D eigenvalue weighted by atomic mass is 32.2. The SMILES string of the molecule is Cc1nn(C)c(C)c1S(=O)(=O)NCC1(N)CCCCC1. The fraction of sp³-hybridized carbons (Fsp3) is 0.769. The lowest BCUT2D eigenvalue weighted by Crippen LogP contribution is -2.51. The Hall–Kier alpha value is -0.920. The maximum absolute atomic E-state index is 12.5. The number of nitrogens with two attached hydrogens (primary N) is 1. The van der Waals surface area contributed by atoms with E-state index in [9.17, 15) is 8.42 Å². The lowest BCUT2D eigenvalue weighted by atomic mass is 9.83. The van der Waals surface area contributed by atoms with Crippen molar-refractivity contribution in [2.75, 3.05) is 6.54 Å². The maximum Gasteiger partial charge on any atom is 0.244 e. The summed E-state index contributed by atoms with van der Waals surface area (Å²) >= 11 is 0. The summed E-state index contributed by atoms with van der Waals surface area (Å²) in [6, 6.07) is 0. The van der Waals surface area contributed by atoms with Crippen LogP contribution in [-0.2, 0) is 17.1 Å². The molecular weight excluding hydrogens is 276 g/mol.